The van der Waals surface area contributed by atoms with Crippen molar-refractivity contribution in [2.75, 3.05) is 11.9 Å². The number of unbranched alkanes of at least 4 members (excludes halogenated alkanes) is 2. The molecule has 0 aliphatic heterocycles. The lowest BCUT2D eigenvalue weighted by atomic mass is 10.2. The van der Waals surface area contributed by atoms with Gasteiger partial charge in [-0.25, -0.2) is 4.98 Å². The summed E-state index contributed by atoms with van der Waals surface area (Å²) >= 11 is 1.42. The molecule has 0 saturated carbocycles. The number of aromatic nitrogens is 1. The topological polar surface area (TPSA) is 51.2 Å². The number of nitrogens with one attached hydrogen (secondary N) is 1. The highest BCUT2D eigenvalue weighted by molar-refractivity contribution is 7.14. The number of rotatable bonds is 8. The van der Waals surface area contributed by atoms with Gasteiger partial charge in [0.25, 0.3) is 5.91 Å². The number of hydrogen-bond acceptors (Lipinski definition) is 4. The van der Waals surface area contributed by atoms with Crippen LogP contribution in [0, 0.1) is 0 Å². The van der Waals surface area contributed by atoms with Crippen LogP contribution in [0.2, 0.25) is 0 Å². The van der Waals surface area contributed by atoms with Gasteiger partial charge in [-0.15, -0.1) is 11.3 Å². The highest BCUT2D eigenvalue weighted by Crippen LogP contribution is 2.25. The summed E-state index contributed by atoms with van der Waals surface area (Å²) in [7, 11) is 0. The molecule has 0 aliphatic carbocycles. The van der Waals surface area contributed by atoms with E-state index < -0.39 is 0 Å². The van der Waals surface area contributed by atoms with Crippen molar-refractivity contribution in [1.29, 1.82) is 0 Å². The molecule has 0 fully saturated rings. The molecule has 0 unspecified atom stereocenters. The molecular weight excluding hydrogens is 344 g/mol. The molecule has 1 amide bonds. The largest absolute Gasteiger partial charge is 0.494 e. The van der Waals surface area contributed by atoms with Gasteiger partial charge in [0.2, 0.25) is 0 Å². The summed E-state index contributed by atoms with van der Waals surface area (Å²) in [5.74, 6) is 0.620. The zero-order chi connectivity index (χ0) is 18.2. The molecule has 1 heterocycles. The van der Waals surface area contributed by atoms with Gasteiger partial charge in [0, 0.05) is 16.5 Å². The van der Waals surface area contributed by atoms with Crippen LogP contribution in [0.25, 0.3) is 11.3 Å². The van der Waals surface area contributed by atoms with E-state index in [0.717, 1.165) is 23.4 Å². The molecular formula is C21H22N2O2S. The Morgan fingerprint density at radius 1 is 1.08 bits per heavy atom. The van der Waals surface area contributed by atoms with Gasteiger partial charge in [-0.1, -0.05) is 50.1 Å². The first kappa shape index (κ1) is 18.1. The Labute approximate surface area is 157 Å². The second kappa shape index (κ2) is 9.15. The number of carbonyl (C=O) groups is 1. The molecule has 134 valence electrons. The Morgan fingerprint density at radius 3 is 2.58 bits per heavy atom. The smallest absolute Gasteiger partial charge is 0.257 e. The van der Waals surface area contributed by atoms with Gasteiger partial charge >= 0.3 is 0 Å². The summed E-state index contributed by atoms with van der Waals surface area (Å²) in [5.41, 5.74) is 2.48. The summed E-state index contributed by atoms with van der Waals surface area (Å²) < 4.78 is 5.67. The van der Waals surface area contributed by atoms with Gasteiger partial charge in [-0.05, 0) is 30.7 Å². The number of benzene rings is 2. The molecule has 0 radical (unpaired) electrons. The van der Waals surface area contributed by atoms with E-state index >= 15 is 0 Å². The Hall–Kier alpha value is -2.66. The van der Waals surface area contributed by atoms with Crippen molar-refractivity contribution in [3.8, 4) is 17.0 Å². The maximum Gasteiger partial charge on any atom is 0.257 e. The third-order valence-electron chi connectivity index (χ3n) is 3.93. The second-order valence-electron chi connectivity index (χ2n) is 5.94. The standard InChI is InChI=1S/C21H22N2O2S/c1-2-3-7-14-25-18-12-10-17(11-13-18)20(24)23-21-22-19(15-26-21)16-8-5-4-6-9-16/h4-6,8-13,15H,2-3,7,14H2,1H3,(H,22,23,24). The number of amides is 1. The maximum atomic E-state index is 12.4. The average Bonchev–Trinajstić information content (AvgIpc) is 3.15. The first-order chi connectivity index (χ1) is 12.8. The molecule has 5 heteroatoms. The fourth-order valence-electron chi connectivity index (χ4n) is 2.49. The Kier molecular flexibility index (Phi) is 6.39. The predicted molar refractivity (Wildman–Crippen MR) is 107 cm³/mol. The quantitative estimate of drug-likeness (QED) is 0.526. The van der Waals surface area contributed by atoms with Gasteiger partial charge in [0.1, 0.15) is 5.75 Å². The van der Waals surface area contributed by atoms with Crippen molar-refractivity contribution < 1.29 is 9.53 Å². The van der Waals surface area contributed by atoms with Crippen LogP contribution in [-0.4, -0.2) is 17.5 Å². The van der Waals surface area contributed by atoms with Crippen LogP contribution < -0.4 is 10.1 Å². The highest BCUT2D eigenvalue weighted by Gasteiger charge is 2.10. The van der Waals surface area contributed by atoms with Crippen LogP contribution in [0.5, 0.6) is 5.75 Å². The Balaban J connectivity index is 1.57. The highest BCUT2D eigenvalue weighted by atomic mass is 32.1. The van der Waals surface area contributed by atoms with Crippen molar-refractivity contribution in [1.82, 2.24) is 4.98 Å². The number of hydrogen-bond donors (Lipinski definition) is 1. The molecule has 26 heavy (non-hydrogen) atoms. The molecule has 0 bridgehead atoms. The molecule has 1 N–H and O–H groups in total. The van der Waals surface area contributed by atoms with E-state index in [1.807, 2.05) is 47.8 Å². The van der Waals surface area contributed by atoms with Gasteiger partial charge in [-0.2, -0.15) is 0 Å². The van der Waals surface area contributed by atoms with E-state index in [4.69, 9.17) is 4.74 Å². The number of thiazole rings is 1. The monoisotopic (exact) mass is 366 g/mol. The van der Waals surface area contributed by atoms with E-state index in [2.05, 4.69) is 17.2 Å². The van der Waals surface area contributed by atoms with Gasteiger partial charge in [0.15, 0.2) is 5.13 Å². The van der Waals surface area contributed by atoms with Crippen molar-refractivity contribution in [2.45, 2.75) is 26.2 Å². The molecule has 0 saturated heterocycles. The lowest BCUT2D eigenvalue weighted by Crippen LogP contribution is -2.11. The molecule has 4 nitrogen and oxygen atoms in total. The van der Waals surface area contributed by atoms with E-state index in [1.54, 1.807) is 12.1 Å². The molecule has 3 rings (SSSR count). The van der Waals surface area contributed by atoms with Crippen LogP contribution in [0.15, 0.2) is 60.0 Å². The summed E-state index contributed by atoms with van der Waals surface area (Å²) in [6, 6.07) is 17.1. The third-order valence-corrected chi connectivity index (χ3v) is 4.69. The van der Waals surface area contributed by atoms with Gasteiger partial charge in [0.05, 0.1) is 12.3 Å². The van der Waals surface area contributed by atoms with Crippen LogP contribution >= 0.6 is 11.3 Å². The molecule has 2 aromatic carbocycles. The number of nitrogens with zero attached hydrogens (tertiary/aromatic N) is 1. The molecule has 0 aliphatic rings. The SMILES string of the molecule is CCCCCOc1ccc(C(=O)Nc2nc(-c3ccccc3)cs2)cc1. The Bertz CT molecular complexity index is 829. The summed E-state index contributed by atoms with van der Waals surface area (Å²) in [6.07, 6.45) is 3.39. The Morgan fingerprint density at radius 2 is 1.85 bits per heavy atom. The third kappa shape index (κ3) is 4.92. The van der Waals surface area contributed by atoms with Crippen LogP contribution in [0.3, 0.4) is 0 Å². The minimum absolute atomic E-state index is 0.170. The minimum Gasteiger partial charge on any atom is -0.494 e. The molecule has 0 spiro atoms. The van der Waals surface area contributed by atoms with Gasteiger partial charge < -0.3 is 4.74 Å². The van der Waals surface area contributed by atoms with Gasteiger partial charge in [-0.3, -0.25) is 10.1 Å². The van der Waals surface area contributed by atoms with Crippen LogP contribution in [-0.2, 0) is 0 Å². The van der Waals surface area contributed by atoms with Crippen molar-refractivity contribution in [2.24, 2.45) is 0 Å². The summed E-state index contributed by atoms with van der Waals surface area (Å²) in [4.78, 5) is 16.9. The summed E-state index contributed by atoms with van der Waals surface area (Å²) in [5, 5.41) is 5.39. The van der Waals surface area contributed by atoms with E-state index in [-0.39, 0.29) is 5.91 Å². The predicted octanol–water partition coefficient (Wildman–Crippen LogP) is 5.63. The minimum atomic E-state index is -0.170. The van der Waals surface area contributed by atoms with E-state index in [9.17, 15) is 4.79 Å². The van der Waals surface area contributed by atoms with Crippen LogP contribution in [0.4, 0.5) is 5.13 Å². The zero-order valence-electron chi connectivity index (χ0n) is 14.8. The molecule has 1 aromatic heterocycles. The van der Waals surface area contributed by atoms with E-state index in [0.29, 0.717) is 17.3 Å². The zero-order valence-corrected chi connectivity index (χ0v) is 15.6. The molecule has 0 atom stereocenters. The number of carbonyl (C=O) groups excluding carboxylic acids is 1. The van der Waals surface area contributed by atoms with Crippen molar-refractivity contribution in [3.05, 3.63) is 65.5 Å². The lowest BCUT2D eigenvalue weighted by molar-refractivity contribution is 0.102. The van der Waals surface area contributed by atoms with E-state index in [1.165, 1.54) is 24.2 Å². The first-order valence-electron chi connectivity index (χ1n) is 8.81. The lowest BCUT2D eigenvalue weighted by Gasteiger charge is -2.07. The molecule has 3 aromatic rings. The number of anilines is 1. The van der Waals surface area contributed by atoms with Crippen LogP contribution in [0.1, 0.15) is 36.5 Å². The fourth-order valence-corrected chi connectivity index (χ4v) is 3.20. The summed E-state index contributed by atoms with van der Waals surface area (Å²) in [6.45, 7) is 2.87. The van der Waals surface area contributed by atoms with Crippen molar-refractivity contribution in [3.63, 3.8) is 0 Å². The average molecular weight is 366 g/mol. The number of ether oxygens (including phenoxy) is 1. The second-order valence-corrected chi connectivity index (χ2v) is 6.80. The normalized spacial score (nSPS) is 10.5. The first-order valence-corrected chi connectivity index (χ1v) is 9.69. The maximum absolute atomic E-state index is 12.4. The fraction of sp³-hybridized carbons (Fsp3) is 0.238. The van der Waals surface area contributed by atoms with Crippen molar-refractivity contribution >= 4 is 22.4 Å².